The van der Waals surface area contributed by atoms with Gasteiger partial charge in [0, 0.05) is 16.6 Å². The molecule has 6 heteroatoms. The van der Waals surface area contributed by atoms with Crippen molar-refractivity contribution >= 4 is 15.9 Å². The lowest BCUT2D eigenvalue weighted by atomic mass is 9.87. The number of aromatic nitrogens is 2. The Morgan fingerprint density at radius 3 is 3.09 bits per heavy atom. The van der Waals surface area contributed by atoms with Crippen LogP contribution in [0.1, 0.15) is 19.2 Å². The zero-order valence-corrected chi connectivity index (χ0v) is 14.3. The maximum absolute atomic E-state index is 5.86. The predicted molar refractivity (Wildman–Crippen MR) is 89.0 cm³/mol. The molecule has 1 aromatic heterocycles. The van der Waals surface area contributed by atoms with Crippen LogP contribution in [0.3, 0.4) is 0 Å². The molecule has 1 aliphatic heterocycles. The molecule has 1 aliphatic rings. The molecular formula is C16H21BrN4O. The molecule has 1 saturated heterocycles. The highest BCUT2D eigenvalue weighted by atomic mass is 79.9. The molecule has 1 aromatic carbocycles. The molecule has 0 amide bonds. The maximum Gasteiger partial charge on any atom is 0.241 e. The molecule has 2 heterocycles. The maximum atomic E-state index is 5.86. The van der Waals surface area contributed by atoms with E-state index in [2.05, 4.69) is 37.9 Å². The number of nitrogens with zero attached hydrogens (tertiary/aromatic N) is 3. The van der Waals surface area contributed by atoms with Gasteiger partial charge in [0.05, 0.1) is 6.54 Å². The Kier molecular flexibility index (Phi) is 4.90. The molecule has 3 rings (SSSR count). The van der Waals surface area contributed by atoms with Crippen LogP contribution in [0.2, 0.25) is 0 Å². The van der Waals surface area contributed by atoms with E-state index in [9.17, 15) is 0 Å². The van der Waals surface area contributed by atoms with Crippen LogP contribution < -0.4 is 5.73 Å². The first-order valence-electron chi connectivity index (χ1n) is 7.66. The molecule has 0 saturated carbocycles. The molecular weight excluding hydrogens is 344 g/mol. The zero-order chi connectivity index (χ0) is 15.5. The smallest absolute Gasteiger partial charge is 0.241 e. The molecule has 1 fully saturated rings. The number of benzene rings is 1. The Morgan fingerprint density at radius 1 is 1.45 bits per heavy atom. The summed E-state index contributed by atoms with van der Waals surface area (Å²) in [6.45, 7) is 5.79. The van der Waals surface area contributed by atoms with Crippen molar-refractivity contribution in [3.63, 3.8) is 0 Å². The van der Waals surface area contributed by atoms with Crippen LogP contribution in [-0.2, 0) is 6.54 Å². The fourth-order valence-electron chi connectivity index (χ4n) is 2.93. The lowest BCUT2D eigenvalue weighted by Gasteiger charge is -2.35. The van der Waals surface area contributed by atoms with Crippen LogP contribution in [0.15, 0.2) is 33.3 Å². The number of piperidine rings is 1. The molecule has 0 radical (unpaired) electrons. The van der Waals surface area contributed by atoms with Gasteiger partial charge in [0.1, 0.15) is 0 Å². The summed E-state index contributed by atoms with van der Waals surface area (Å²) in [4.78, 5) is 6.87. The van der Waals surface area contributed by atoms with E-state index >= 15 is 0 Å². The molecule has 0 bridgehead atoms. The quantitative estimate of drug-likeness (QED) is 0.902. The second kappa shape index (κ2) is 6.89. The minimum Gasteiger partial charge on any atom is -0.338 e. The van der Waals surface area contributed by atoms with Gasteiger partial charge in [-0.2, -0.15) is 4.98 Å². The van der Waals surface area contributed by atoms with Crippen molar-refractivity contribution in [3.8, 4) is 11.4 Å². The summed E-state index contributed by atoms with van der Waals surface area (Å²) in [5, 5.41) is 4.09. The van der Waals surface area contributed by atoms with Crippen LogP contribution in [0, 0.1) is 11.8 Å². The SMILES string of the molecule is CC1CCN(Cc2nc(-c3cccc(Br)c3)no2)CC1CN. The van der Waals surface area contributed by atoms with Gasteiger partial charge in [0.25, 0.3) is 0 Å². The average Bonchev–Trinajstić information content (AvgIpc) is 2.98. The van der Waals surface area contributed by atoms with Gasteiger partial charge < -0.3 is 10.3 Å². The van der Waals surface area contributed by atoms with Crippen LogP contribution in [0.4, 0.5) is 0 Å². The van der Waals surface area contributed by atoms with Gasteiger partial charge in [-0.15, -0.1) is 0 Å². The van der Waals surface area contributed by atoms with Crippen molar-refractivity contribution in [1.82, 2.24) is 15.0 Å². The fourth-order valence-corrected chi connectivity index (χ4v) is 3.33. The highest BCUT2D eigenvalue weighted by Gasteiger charge is 2.26. The van der Waals surface area contributed by atoms with Gasteiger partial charge in [-0.05, 0) is 43.5 Å². The minimum absolute atomic E-state index is 0.557. The molecule has 0 aliphatic carbocycles. The van der Waals surface area contributed by atoms with Crippen molar-refractivity contribution in [3.05, 3.63) is 34.6 Å². The van der Waals surface area contributed by atoms with Crippen molar-refractivity contribution in [2.24, 2.45) is 17.6 Å². The first kappa shape index (κ1) is 15.6. The number of nitrogens with two attached hydrogens (primary N) is 1. The van der Waals surface area contributed by atoms with Crippen LogP contribution in [-0.4, -0.2) is 34.7 Å². The van der Waals surface area contributed by atoms with E-state index in [1.54, 1.807) is 0 Å². The Hall–Kier alpha value is -1.24. The number of hydrogen-bond donors (Lipinski definition) is 1. The molecule has 2 unspecified atom stereocenters. The molecule has 0 spiro atoms. The summed E-state index contributed by atoms with van der Waals surface area (Å²) >= 11 is 3.46. The third-order valence-corrected chi connectivity index (χ3v) is 4.90. The number of likely N-dealkylation sites (tertiary alicyclic amines) is 1. The topological polar surface area (TPSA) is 68.2 Å². The van der Waals surface area contributed by atoms with Crippen LogP contribution in [0.25, 0.3) is 11.4 Å². The summed E-state index contributed by atoms with van der Waals surface area (Å²) < 4.78 is 6.41. The molecule has 22 heavy (non-hydrogen) atoms. The molecule has 2 aromatic rings. The van der Waals surface area contributed by atoms with Gasteiger partial charge in [-0.1, -0.05) is 40.1 Å². The molecule has 5 nitrogen and oxygen atoms in total. The van der Waals surface area contributed by atoms with Crippen molar-refractivity contribution in [1.29, 1.82) is 0 Å². The molecule has 2 atom stereocenters. The summed E-state index contributed by atoms with van der Waals surface area (Å²) in [6.07, 6.45) is 1.18. The van der Waals surface area contributed by atoms with Gasteiger partial charge in [-0.25, -0.2) is 0 Å². The van der Waals surface area contributed by atoms with E-state index in [1.807, 2.05) is 24.3 Å². The summed E-state index contributed by atoms with van der Waals surface area (Å²) in [6, 6.07) is 7.91. The minimum atomic E-state index is 0.557. The standard InChI is InChI=1S/C16H21BrN4O/c1-11-5-6-21(9-13(11)8-18)10-15-19-16(20-22-15)12-3-2-4-14(17)7-12/h2-4,7,11,13H,5-6,8-10,18H2,1H3. The van der Waals surface area contributed by atoms with E-state index in [4.69, 9.17) is 10.3 Å². The van der Waals surface area contributed by atoms with Crippen LogP contribution in [0.5, 0.6) is 0 Å². The first-order chi connectivity index (χ1) is 10.7. The zero-order valence-electron chi connectivity index (χ0n) is 12.7. The highest BCUT2D eigenvalue weighted by Crippen LogP contribution is 2.24. The summed E-state index contributed by atoms with van der Waals surface area (Å²) in [5.41, 5.74) is 6.82. The van der Waals surface area contributed by atoms with Crippen molar-refractivity contribution in [2.45, 2.75) is 19.9 Å². The highest BCUT2D eigenvalue weighted by molar-refractivity contribution is 9.10. The second-order valence-corrected chi connectivity index (χ2v) is 6.93. The van der Waals surface area contributed by atoms with E-state index < -0.39 is 0 Å². The summed E-state index contributed by atoms with van der Waals surface area (Å²) in [7, 11) is 0. The predicted octanol–water partition coefficient (Wildman–Crippen LogP) is 2.92. The van der Waals surface area contributed by atoms with Crippen molar-refractivity contribution < 1.29 is 4.52 Å². The molecule has 118 valence electrons. The fraction of sp³-hybridized carbons (Fsp3) is 0.500. The van der Waals surface area contributed by atoms with Crippen molar-refractivity contribution in [2.75, 3.05) is 19.6 Å². The Labute approximate surface area is 139 Å². The second-order valence-electron chi connectivity index (χ2n) is 6.02. The lowest BCUT2D eigenvalue weighted by molar-refractivity contribution is 0.114. The van der Waals surface area contributed by atoms with E-state index in [0.717, 1.165) is 29.7 Å². The van der Waals surface area contributed by atoms with Gasteiger partial charge in [0.15, 0.2) is 0 Å². The third-order valence-electron chi connectivity index (χ3n) is 4.41. The van der Waals surface area contributed by atoms with Gasteiger partial charge in [-0.3, -0.25) is 4.90 Å². The van der Waals surface area contributed by atoms with E-state index in [1.165, 1.54) is 6.42 Å². The van der Waals surface area contributed by atoms with Gasteiger partial charge >= 0.3 is 0 Å². The largest absolute Gasteiger partial charge is 0.338 e. The Balaban J connectivity index is 1.67. The Morgan fingerprint density at radius 2 is 2.32 bits per heavy atom. The Bertz CT molecular complexity index is 630. The van der Waals surface area contributed by atoms with Crippen LogP contribution >= 0.6 is 15.9 Å². The number of halogens is 1. The third kappa shape index (κ3) is 3.56. The molecule has 2 N–H and O–H groups in total. The monoisotopic (exact) mass is 364 g/mol. The average molecular weight is 365 g/mol. The van der Waals surface area contributed by atoms with E-state index in [0.29, 0.717) is 30.1 Å². The number of hydrogen-bond acceptors (Lipinski definition) is 5. The normalized spacial score (nSPS) is 22.9. The van der Waals surface area contributed by atoms with Gasteiger partial charge in [0.2, 0.25) is 11.7 Å². The lowest BCUT2D eigenvalue weighted by Crippen LogP contribution is -2.42. The summed E-state index contributed by atoms with van der Waals surface area (Å²) in [5.74, 6) is 2.56. The first-order valence-corrected chi connectivity index (χ1v) is 8.46. The number of rotatable bonds is 4. The van der Waals surface area contributed by atoms with E-state index in [-0.39, 0.29) is 0 Å².